The zero-order valence-electron chi connectivity index (χ0n) is 10.5. The molecule has 0 aliphatic rings. The Kier molecular flexibility index (Phi) is 4.18. The molecule has 108 valence electrons. The van der Waals surface area contributed by atoms with Gasteiger partial charge in [-0.25, -0.2) is 4.39 Å². The monoisotopic (exact) mass is 353 g/mol. The van der Waals surface area contributed by atoms with Gasteiger partial charge in [-0.05, 0) is 30.3 Å². The van der Waals surface area contributed by atoms with Crippen molar-refractivity contribution in [2.45, 2.75) is 0 Å². The Balaban J connectivity index is 2.36. The number of hydrogen-bond donors (Lipinski definition) is 2. The Morgan fingerprint density at radius 2 is 2.00 bits per heavy atom. The van der Waals surface area contributed by atoms with Crippen molar-refractivity contribution in [1.29, 1.82) is 0 Å². The maximum Gasteiger partial charge on any atom is 0.282 e. The molecule has 0 aromatic heterocycles. The lowest BCUT2D eigenvalue weighted by atomic mass is 10.1. The van der Waals surface area contributed by atoms with Crippen LogP contribution in [-0.4, -0.2) is 10.8 Å². The van der Waals surface area contributed by atoms with Crippen LogP contribution < -0.4 is 11.1 Å². The fourth-order valence-corrected chi connectivity index (χ4v) is 2.01. The molecule has 3 N–H and O–H groups in total. The van der Waals surface area contributed by atoms with Crippen LogP contribution in [0, 0.1) is 15.9 Å². The second-order valence-corrected chi connectivity index (χ2v) is 5.03. The Morgan fingerprint density at radius 1 is 1.29 bits per heavy atom. The number of nitro groups is 1. The van der Waals surface area contributed by atoms with Crippen molar-refractivity contribution in [2.75, 3.05) is 11.1 Å². The summed E-state index contributed by atoms with van der Waals surface area (Å²) < 4.78 is 14.2. The van der Waals surface area contributed by atoms with Crippen molar-refractivity contribution < 1.29 is 14.1 Å². The van der Waals surface area contributed by atoms with Gasteiger partial charge in [0.2, 0.25) is 0 Å². The summed E-state index contributed by atoms with van der Waals surface area (Å²) in [5.41, 5.74) is 5.00. The second-order valence-electron chi connectivity index (χ2n) is 4.11. The molecule has 0 saturated carbocycles. The van der Waals surface area contributed by atoms with Gasteiger partial charge in [0.05, 0.1) is 10.6 Å². The largest absolute Gasteiger partial charge is 0.399 e. The van der Waals surface area contributed by atoms with Crippen LogP contribution in [0.1, 0.15) is 10.4 Å². The van der Waals surface area contributed by atoms with Crippen molar-refractivity contribution in [3.8, 4) is 0 Å². The first-order valence-electron chi connectivity index (χ1n) is 5.69. The highest BCUT2D eigenvalue weighted by molar-refractivity contribution is 9.10. The maximum atomic E-state index is 13.7. The third-order valence-corrected chi connectivity index (χ3v) is 3.13. The maximum absolute atomic E-state index is 13.7. The molecule has 8 heteroatoms. The molecule has 0 atom stereocenters. The molecule has 0 heterocycles. The van der Waals surface area contributed by atoms with Crippen LogP contribution in [0.2, 0.25) is 0 Å². The average molecular weight is 354 g/mol. The first kappa shape index (κ1) is 14.9. The lowest BCUT2D eigenvalue weighted by Gasteiger charge is -2.08. The third-order valence-electron chi connectivity index (χ3n) is 2.64. The zero-order chi connectivity index (χ0) is 15.6. The van der Waals surface area contributed by atoms with E-state index >= 15 is 0 Å². The molecule has 0 aliphatic heterocycles. The number of hydrogen-bond acceptors (Lipinski definition) is 4. The number of nitrogens with one attached hydrogen (secondary N) is 1. The van der Waals surface area contributed by atoms with Gasteiger partial charge in [0.15, 0.2) is 0 Å². The molecule has 0 bridgehead atoms. The normalized spacial score (nSPS) is 10.2. The highest BCUT2D eigenvalue weighted by atomic mass is 79.9. The van der Waals surface area contributed by atoms with Crippen LogP contribution in [-0.2, 0) is 0 Å². The molecule has 21 heavy (non-hydrogen) atoms. The molecule has 6 nitrogen and oxygen atoms in total. The number of nitrogen functional groups attached to an aromatic ring is 1. The van der Waals surface area contributed by atoms with Crippen molar-refractivity contribution >= 4 is 38.9 Å². The number of carbonyl (C=O) groups is 1. The number of carbonyl (C=O) groups excluding carboxylic acids is 1. The minimum atomic E-state index is -0.810. The smallest absolute Gasteiger partial charge is 0.282 e. The van der Waals surface area contributed by atoms with Crippen LogP contribution in [0.5, 0.6) is 0 Å². The molecule has 0 aliphatic carbocycles. The van der Waals surface area contributed by atoms with Crippen LogP contribution >= 0.6 is 15.9 Å². The standard InChI is InChI=1S/C13H9BrFN3O3/c14-7-1-3-11(10(15)5-7)17-13(19)9-6-8(16)2-4-12(9)18(20)21/h1-6H,16H2,(H,17,19). The topological polar surface area (TPSA) is 98.3 Å². The lowest BCUT2D eigenvalue weighted by molar-refractivity contribution is -0.385. The van der Waals surface area contributed by atoms with Gasteiger partial charge in [0.1, 0.15) is 11.4 Å². The van der Waals surface area contributed by atoms with Gasteiger partial charge in [-0.3, -0.25) is 14.9 Å². The fourth-order valence-electron chi connectivity index (χ4n) is 1.68. The van der Waals surface area contributed by atoms with E-state index in [-0.39, 0.29) is 16.9 Å². The molecule has 0 radical (unpaired) electrons. The highest BCUT2D eigenvalue weighted by Gasteiger charge is 2.21. The summed E-state index contributed by atoms with van der Waals surface area (Å²) in [7, 11) is 0. The van der Waals surface area contributed by atoms with Gasteiger partial charge >= 0.3 is 0 Å². The molecule has 0 unspecified atom stereocenters. The van der Waals surface area contributed by atoms with Crippen LogP contribution in [0.4, 0.5) is 21.5 Å². The van der Waals surface area contributed by atoms with Gasteiger partial charge in [0.25, 0.3) is 11.6 Å². The average Bonchev–Trinajstić information content (AvgIpc) is 2.41. The third kappa shape index (κ3) is 3.34. The summed E-state index contributed by atoms with van der Waals surface area (Å²) in [6.07, 6.45) is 0. The second kappa shape index (κ2) is 5.88. The van der Waals surface area contributed by atoms with E-state index in [1.807, 2.05) is 0 Å². The molecule has 0 saturated heterocycles. The van der Waals surface area contributed by atoms with E-state index in [2.05, 4.69) is 21.2 Å². The molecular formula is C13H9BrFN3O3. The number of halogens is 2. The number of benzene rings is 2. The number of nitrogens with zero attached hydrogens (tertiary/aromatic N) is 1. The van der Waals surface area contributed by atoms with Crippen molar-refractivity contribution in [3.05, 3.63) is 62.4 Å². The van der Waals surface area contributed by atoms with Crippen LogP contribution in [0.15, 0.2) is 40.9 Å². The van der Waals surface area contributed by atoms with E-state index < -0.39 is 22.3 Å². The Hall–Kier alpha value is -2.48. The summed E-state index contributed by atoms with van der Waals surface area (Å²) in [6, 6.07) is 7.66. The van der Waals surface area contributed by atoms with E-state index in [1.165, 1.54) is 30.3 Å². The van der Waals surface area contributed by atoms with Gasteiger partial charge in [-0.1, -0.05) is 15.9 Å². The summed E-state index contributed by atoms with van der Waals surface area (Å²) in [6.45, 7) is 0. The summed E-state index contributed by atoms with van der Waals surface area (Å²) >= 11 is 3.09. The van der Waals surface area contributed by atoms with Crippen LogP contribution in [0.3, 0.4) is 0 Å². The van der Waals surface area contributed by atoms with Crippen LogP contribution in [0.25, 0.3) is 0 Å². The molecule has 0 fully saturated rings. The molecule has 1 amide bonds. The van der Waals surface area contributed by atoms with Gasteiger partial charge < -0.3 is 11.1 Å². The van der Waals surface area contributed by atoms with E-state index in [1.54, 1.807) is 0 Å². The highest BCUT2D eigenvalue weighted by Crippen LogP contribution is 2.24. The van der Waals surface area contributed by atoms with Crippen molar-refractivity contribution in [3.63, 3.8) is 0 Å². The zero-order valence-corrected chi connectivity index (χ0v) is 12.1. The van der Waals surface area contributed by atoms with E-state index in [4.69, 9.17) is 5.73 Å². The van der Waals surface area contributed by atoms with Crippen molar-refractivity contribution in [2.24, 2.45) is 0 Å². The number of nitrogens with two attached hydrogens (primary N) is 1. The first-order valence-corrected chi connectivity index (χ1v) is 6.48. The minimum Gasteiger partial charge on any atom is -0.399 e. The Bertz CT molecular complexity index is 737. The first-order chi connectivity index (χ1) is 9.88. The minimum absolute atomic E-state index is 0.0834. The van der Waals surface area contributed by atoms with Crippen molar-refractivity contribution in [1.82, 2.24) is 0 Å². The number of rotatable bonds is 3. The molecule has 2 aromatic carbocycles. The molecule has 2 rings (SSSR count). The number of anilines is 2. The quantitative estimate of drug-likeness (QED) is 0.502. The molecular weight excluding hydrogens is 345 g/mol. The summed E-state index contributed by atoms with van der Waals surface area (Å²) in [4.78, 5) is 22.3. The fraction of sp³-hybridized carbons (Fsp3) is 0. The van der Waals surface area contributed by atoms with E-state index in [9.17, 15) is 19.3 Å². The van der Waals surface area contributed by atoms with Gasteiger partial charge in [-0.2, -0.15) is 0 Å². The Labute approximate surface area is 127 Å². The predicted octanol–water partition coefficient (Wildman–Crippen LogP) is 3.33. The molecule has 2 aromatic rings. The summed E-state index contributed by atoms with van der Waals surface area (Å²) in [5.74, 6) is -1.47. The number of nitro benzene ring substituents is 1. The summed E-state index contributed by atoms with van der Waals surface area (Å²) in [5, 5.41) is 13.2. The lowest BCUT2D eigenvalue weighted by Crippen LogP contribution is -2.15. The van der Waals surface area contributed by atoms with E-state index in [0.29, 0.717) is 4.47 Å². The molecule has 0 spiro atoms. The van der Waals surface area contributed by atoms with E-state index in [0.717, 1.165) is 6.07 Å². The predicted molar refractivity (Wildman–Crippen MR) is 79.6 cm³/mol. The SMILES string of the molecule is Nc1ccc([N+](=O)[O-])c(C(=O)Nc2ccc(Br)cc2F)c1. The van der Waals surface area contributed by atoms with Gasteiger partial charge in [-0.15, -0.1) is 0 Å². The van der Waals surface area contributed by atoms with Gasteiger partial charge in [0, 0.05) is 16.2 Å². The Morgan fingerprint density at radius 3 is 2.62 bits per heavy atom. The number of amides is 1.